The summed E-state index contributed by atoms with van der Waals surface area (Å²) >= 11 is 0. The van der Waals surface area contributed by atoms with Crippen LogP contribution in [0.1, 0.15) is 89.9 Å². The van der Waals surface area contributed by atoms with Crippen LogP contribution in [0.2, 0.25) is 0 Å². The SMILES string of the molecule is CN(Cc1cc(C2(O)CCN(Cc3ccc(N4CCC(Nc5ncc(C6CC6)cn5)CC4)cc3)CC2)c(F)cc1C=O)C1CCC(=O)NC1=O. The first-order valence-corrected chi connectivity index (χ1v) is 17.9. The maximum absolute atomic E-state index is 15.4. The molecule has 50 heavy (non-hydrogen) atoms. The summed E-state index contributed by atoms with van der Waals surface area (Å²) in [6.45, 7) is 4.03. The number of aromatic nitrogens is 2. The van der Waals surface area contributed by atoms with E-state index in [1.807, 2.05) is 12.4 Å². The Morgan fingerprint density at radius 2 is 1.72 bits per heavy atom. The van der Waals surface area contributed by atoms with E-state index in [4.69, 9.17) is 0 Å². The van der Waals surface area contributed by atoms with Gasteiger partial charge in [-0.3, -0.25) is 29.5 Å². The molecule has 4 fully saturated rings. The summed E-state index contributed by atoms with van der Waals surface area (Å²) in [6.07, 6.45) is 10.4. The molecule has 3 N–H and O–H groups in total. The first kappa shape index (κ1) is 34.2. The normalized spacial score (nSPS) is 21.7. The van der Waals surface area contributed by atoms with Gasteiger partial charge in [0.15, 0.2) is 0 Å². The van der Waals surface area contributed by atoms with E-state index in [2.05, 4.69) is 54.7 Å². The van der Waals surface area contributed by atoms with Crippen molar-refractivity contribution in [3.63, 3.8) is 0 Å². The minimum Gasteiger partial charge on any atom is -0.385 e. The van der Waals surface area contributed by atoms with Gasteiger partial charge in [0.25, 0.3) is 0 Å². The van der Waals surface area contributed by atoms with E-state index in [1.165, 1.54) is 35.7 Å². The molecule has 3 aromatic rings. The van der Waals surface area contributed by atoms with Crippen molar-refractivity contribution in [2.75, 3.05) is 43.4 Å². The predicted molar refractivity (Wildman–Crippen MR) is 187 cm³/mol. The van der Waals surface area contributed by atoms with Crippen LogP contribution in [-0.4, -0.2) is 88.3 Å². The zero-order chi connectivity index (χ0) is 34.8. The molecule has 7 rings (SSSR count). The van der Waals surface area contributed by atoms with Gasteiger partial charge in [-0.05, 0) is 98.9 Å². The number of carbonyl (C=O) groups is 3. The number of imide groups is 1. The molecule has 4 heterocycles. The van der Waals surface area contributed by atoms with Crippen LogP contribution >= 0.6 is 0 Å². The van der Waals surface area contributed by atoms with Gasteiger partial charge in [-0.1, -0.05) is 12.1 Å². The lowest BCUT2D eigenvalue weighted by atomic mass is 9.82. The lowest BCUT2D eigenvalue weighted by molar-refractivity contribution is -0.137. The van der Waals surface area contributed by atoms with Gasteiger partial charge in [0.2, 0.25) is 17.8 Å². The number of likely N-dealkylation sites (tertiary alicyclic amines) is 1. The van der Waals surface area contributed by atoms with Gasteiger partial charge in [-0.2, -0.15) is 0 Å². The minimum absolute atomic E-state index is 0.178. The van der Waals surface area contributed by atoms with Crippen molar-refractivity contribution in [3.05, 3.63) is 82.4 Å². The van der Waals surface area contributed by atoms with E-state index in [-0.39, 0.29) is 35.9 Å². The number of likely N-dealkylation sites (N-methyl/N-ethyl adjacent to an activating group) is 1. The molecule has 0 radical (unpaired) electrons. The molecule has 264 valence electrons. The van der Waals surface area contributed by atoms with E-state index in [1.54, 1.807) is 18.0 Å². The molecule has 11 nitrogen and oxygen atoms in total. The van der Waals surface area contributed by atoms with Crippen molar-refractivity contribution in [1.82, 2.24) is 25.1 Å². The van der Waals surface area contributed by atoms with E-state index < -0.39 is 17.5 Å². The zero-order valence-electron chi connectivity index (χ0n) is 28.6. The highest BCUT2D eigenvalue weighted by Crippen LogP contribution is 2.39. The molecule has 0 spiro atoms. The largest absolute Gasteiger partial charge is 0.385 e. The van der Waals surface area contributed by atoms with Crippen LogP contribution < -0.4 is 15.5 Å². The van der Waals surface area contributed by atoms with Crippen LogP contribution in [0.15, 0.2) is 48.8 Å². The molecule has 4 aliphatic rings. The lowest BCUT2D eigenvalue weighted by Gasteiger charge is -2.39. The first-order valence-electron chi connectivity index (χ1n) is 17.9. The van der Waals surface area contributed by atoms with Crippen molar-refractivity contribution < 1.29 is 23.9 Å². The predicted octanol–water partition coefficient (Wildman–Crippen LogP) is 4.11. The second-order valence-corrected chi connectivity index (χ2v) is 14.5. The standard InChI is InChI=1S/C38H46FN7O4/c1-44(34-8-9-35(48)43-36(34)49)23-27-18-32(33(39)19-28(27)24-47)38(50)12-16-45(17-13-38)22-25-2-6-31(7-3-25)46-14-10-30(11-15-46)42-37-40-20-29(21-41-37)26-4-5-26/h2-3,6-7,18-21,24,26,30,34,50H,4-5,8-17,22-23H2,1H3,(H,40,41,42)(H,43,48,49). The summed E-state index contributed by atoms with van der Waals surface area (Å²) in [7, 11) is 1.74. The van der Waals surface area contributed by atoms with Gasteiger partial charge < -0.3 is 15.3 Å². The average molecular weight is 684 g/mol. The summed E-state index contributed by atoms with van der Waals surface area (Å²) in [4.78, 5) is 51.3. The fraction of sp³-hybridized carbons (Fsp3) is 0.500. The summed E-state index contributed by atoms with van der Waals surface area (Å²) < 4.78 is 15.4. The second kappa shape index (κ2) is 14.5. The van der Waals surface area contributed by atoms with Gasteiger partial charge in [0.1, 0.15) is 12.1 Å². The quantitative estimate of drug-likeness (QED) is 0.201. The molecule has 2 amide bonds. The van der Waals surface area contributed by atoms with E-state index in [9.17, 15) is 19.5 Å². The summed E-state index contributed by atoms with van der Waals surface area (Å²) in [5.74, 6) is 0.0845. The number of nitrogens with one attached hydrogen (secondary N) is 2. The number of aldehydes is 1. The van der Waals surface area contributed by atoms with Gasteiger partial charge in [-0.15, -0.1) is 0 Å². The highest BCUT2D eigenvalue weighted by Gasteiger charge is 2.37. The molecule has 1 saturated carbocycles. The third kappa shape index (κ3) is 7.72. The number of hydrogen-bond donors (Lipinski definition) is 3. The molecule has 0 bridgehead atoms. The van der Waals surface area contributed by atoms with Crippen molar-refractivity contribution in [2.24, 2.45) is 0 Å². The monoisotopic (exact) mass is 683 g/mol. The first-order chi connectivity index (χ1) is 24.2. The van der Waals surface area contributed by atoms with Crippen molar-refractivity contribution >= 4 is 29.7 Å². The molecule has 1 atom stereocenters. The van der Waals surface area contributed by atoms with Crippen LogP contribution in [-0.2, 0) is 28.3 Å². The van der Waals surface area contributed by atoms with Crippen LogP contribution in [0, 0.1) is 5.82 Å². The van der Waals surface area contributed by atoms with E-state index >= 15 is 4.39 Å². The minimum atomic E-state index is -1.37. The van der Waals surface area contributed by atoms with Gasteiger partial charge in [-0.25, -0.2) is 14.4 Å². The van der Waals surface area contributed by atoms with Gasteiger partial charge in [0, 0.05) is 80.9 Å². The maximum atomic E-state index is 15.4. The molecule has 1 unspecified atom stereocenters. The second-order valence-electron chi connectivity index (χ2n) is 14.5. The molecule has 12 heteroatoms. The third-order valence-electron chi connectivity index (χ3n) is 11.0. The lowest BCUT2D eigenvalue weighted by Crippen LogP contribution is -2.51. The number of carbonyl (C=O) groups excluding carboxylic acids is 3. The Morgan fingerprint density at radius 3 is 2.36 bits per heavy atom. The molecular weight excluding hydrogens is 637 g/mol. The Labute approximate surface area is 292 Å². The van der Waals surface area contributed by atoms with Crippen LogP contribution in [0.5, 0.6) is 0 Å². The Morgan fingerprint density at radius 1 is 1.02 bits per heavy atom. The topological polar surface area (TPSA) is 131 Å². The number of amides is 2. The highest BCUT2D eigenvalue weighted by atomic mass is 19.1. The number of nitrogens with zero attached hydrogens (tertiary/aromatic N) is 5. The molecule has 3 aliphatic heterocycles. The third-order valence-corrected chi connectivity index (χ3v) is 11.0. The number of rotatable bonds is 11. The molecule has 1 aliphatic carbocycles. The molecular formula is C38H46FN7O4. The van der Waals surface area contributed by atoms with Crippen LogP contribution in [0.3, 0.4) is 0 Å². The Kier molecular flexibility index (Phi) is 9.94. The molecule has 3 saturated heterocycles. The summed E-state index contributed by atoms with van der Waals surface area (Å²) in [5.41, 5.74) is 3.16. The average Bonchev–Trinajstić information content (AvgIpc) is 3.97. The smallest absolute Gasteiger partial charge is 0.243 e. The van der Waals surface area contributed by atoms with Crippen LogP contribution in [0.25, 0.3) is 0 Å². The molecule has 1 aromatic heterocycles. The Hall–Kier alpha value is -4.26. The number of piperidine rings is 3. The summed E-state index contributed by atoms with van der Waals surface area (Å²) in [6, 6.07) is 11.3. The van der Waals surface area contributed by atoms with Crippen molar-refractivity contribution in [3.8, 4) is 0 Å². The fourth-order valence-electron chi connectivity index (χ4n) is 7.64. The van der Waals surface area contributed by atoms with E-state index in [0.717, 1.165) is 32.5 Å². The van der Waals surface area contributed by atoms with Crippen LogP contribution in [0.4, 0.5) is 16.0 Å². The maximum Gasteiger partial charge on any atom is 0.243 e. The van der Waals surface area contributed by atoms with Gasteiger partial charge >= 0.3 is 0 Å². The highest BCUT2D eigenvalue weighted by molar-refractivity contribution is 6.00. The fourth-order valence-corrected chi connectivity index (χ4v) is 7.64. The molecule has 2 aromatic carbocycles. The Balaban J connectivity index is 0.908. The zero-order valence-corrected chi connectivity index (χ0v) is 28.6. The number of aliphatic hydroxyl groups is 1. The Bertz CT molecular complexity index is 1700. The van der Waals surface area contributed by atoms with Gasteiger partial charge in [0.05, 0.1) is 11.6 Å². The summed E-state index contributed by atoms with van der Waals surface area (Å²) in [5, 5.41) is 17.5. The number of benzene rings is 2. The number of hydrogen-bond acceptors (Lipinski definition) is 10. The number of anilines is 2. The van der Waals surface area contributed by atoms with Crippen molar-refractivity contribution in [1.29, 1.82) is 0 Å². The van der Waals surface area contributed by atoms with Crippen molar-refractivity contribution in [2.45, 2.75) is 88.1 Å². The number of halogens is 1. The van der Waals surface area contributed by atoms with E-state index in [0.29, 0.717) is 62.1 Å².